The molecule has 0 unspecified atom stereocenters. The van der Waals surface area contributed by atoms with Gasteiger partial charge in [0.1, 0.15) is 0 Å². The number of rotatable bonds is 6. The van der Waals surface area contributed by atoms with E-state index in [0.29, 0.717) is 0 Å². The van der Waals surface area contributed by atoms with Gasteiger partial charge in [-0.2, -0.15) is 0 Å². The van der Waals surface area contributed by atoms with E-state index in [-0.39, 0.29) is 5.41 Å². The Balaban J connectivity index is 1.29. The van der Waals surface area contributed by atoms with Crippen molar-refractivity contribution in [2.45, 2.75) is 19.3 Å². The van der Waals surface area contributed by atoms with Gasteiger partial charge in [-0.15, -0.1) is 11.3 Å². The Hall–Kier alpha value is -6.22. The molecule has 1 aliphatic rings. The first kappa shape index (κ1) is 31.5. The first-order valence-electron chi connectivity index (χ1n) is 18.4. The molecule has 0 atom stereocenters. The molecule has 0 fully saturated rings. The summed E-state index contributed by atoms with van der Waals surface area (Å²) in [5.41, 5.74) is 15.9. The van der Waals surface area contributed by atoms with Crippen molar-refractivity contribution in [3.8, 4) is 44.5 Å². The maximum Gasteiger partial charge on any atom is 0.0546 e. The van der Waals surface area contributed by atoms with E-state index in [1.807, 2.05) is 11.3 Å². The van der Waals surface area contributed by atoms with Gasteiger partial charge in [0.05, 0.1) is 5.69 Å². The fourth-order valence-corrected chi connectivity index (χ4v) is 9.65. The minimum Gasteiger partial charge on any atom is -0.310 e. The second-order valence-corrected chi connectivity index (χ2v) is 15.6. The number of benzene rings is 8. The van der Waals surface area contributed by atoms with Crippen LogP contribution in [0.25, 0.3) is 64.7 Å². The topological polar surface area (TPSA) is 3.24 Å². The summed E-state index contributed by atoms with van der Waals surface area (Å²) < 4.78 is 2.61. The van der Waals surface area contributed by atoms with Gasteiger partial charge in [-0.05, 0) is 92.5 Å². The quantitative estimate of drug-likeness (QED) is 0.167. The van der Waals surface area contributed by atoms with E-state index in [0.717, 1.165) is 17.1 Å². The molecule has 0 spiro atoms. The van der Waals surface area contributed by atoms with Crippen LogP contribution in [0.5, 0.6) is 0 Å². The smallest absolute Gasteiger partial charge is 0.0546 e. The van der Waals surface area contributed by atoms with Gasteiger partial charge < -0.3 is 4.90 Å². The molecule has 1 aliphatic carbocycles. The average molecular weight is 696 g/mol. The van der Waals surface area contributed by atoms with E-state index in [4.69, 9.17) is 0 Å². The molecule has 2 heteroatoms. The number of nitrogens with zero attached hydrogens (tertiary/aromatic N) is 1. The van der Waals surface area contributed by atoms with Gasteiger partial charge in [0.25, 0.3) is 0 Å². The Morgan fingerprint density at radius 3 is 1.75 bits per heavy atom. The minimum absolute atomic E-state index is 0.0726. The first-order valence-corrected chi connectivity index (χ1v) is 19.2. The predicted molar refractivity (Wildman–Crippen MR) is 228 cm³/mol. The lowest BCUT2D eigenvalue weighted by Crippen LogP contribution is -2.15. The number of hydrogen-bond donors (Lipinski definition) is 0. The highest BCUT2D eigenvalue weighted by Crippen LogP contribution is 2.53. The average Bonchev–Trinajstić information content (AvgIpc) is 3.70. The van der Waals surface area contributed by atoms with Crippen LogP contribution in [0.2, 0.25) is 0 Å². The van der Waals surface area contributed by atoms with Crippen molar-refractivity contribution in [1.29, 1.82) is 0 Å². The molecule has 0 bridgehead atoms. The zero-order valence-corrected chi connectivity index (χ0v) is 30.6. The summed E-state index contributed by atoms with van der Waals surface area (Å²) in [6.07, 6.45) is 0. The summed E-state index contributed by atoms with van der Waals surface area (Å²) in [6, 6.07) is 69.2. The van der Waals surface area contributed by atoms with E-state index in [1.165, 1.54) is 75.8 Å². The molecule has 0 aliphatic heterocycles. The van der Waals surface area contributed by atoms with E-state index in [2.05, 4.69) is 207 Å². The van der Waals surface area contributed by atoms with Crippen LogP contribution < -0.4 is 4.90 Å². The van der Waals surface area contributed by atoms with Crippen molar-refractivity contribution < 1.29 is 0 Å². The van der Waals surface area contributed by atoms with E-state index >= 15 is 0 Å². The van der Waals surface area contributed by atoms with Gasteiger partial charge in [0.15, 0.2) is 0 Å². The van der Waals surface area contributed by atoms with Crippen molar-refractivity contribution in [3.63, 3.8) is 0 Å². The van der Waals surface area contributed by atoms with Gasteiger partial charge in [-0.3, -0.25) is 0 Å². The minimum atomic E-state index is -0.0726. The van der Waals surface area contributed by atoms with Gasteiger partial charge in [-0.25, -0.2) is 0 Å². The maximum absolute atomic E-state index is 2.50. The van der Waals surface area contributed by atoms with Gasteiger partial charge in [-0.1, -0.05) is 159 Å². The third-order valence-electron chi connectivity index (χ3n) is 11.1. The highest BCUT2D eigenvalue weighted by Gasteiger charge is 2.36. The molecule has 1 nitrogen and oxygen atoms in total. The number of thiophene rings is 1. The second kappa shape index (κ2) is 12.5. The Morgan fingerprint density at radius 1 is 0.396 bits per heavy atom. The number of anilines is 3. The summed E-state index contributed by atoms with van der Waals surface area (Å²) >= 11 is 1.86. The standard InChI is InChI=1S/C51H37NS/c1-51(2)45-25-13-11-21-40(45)43-32-36(28-30-46(43)51)52(37-29-31-49-44(33-37)41-22-12-14-27-48(41)53-49)47-26-15-24-39(35-18-7-4-8-19-35)50(47)42-23-10-9-20-38(42)34-16-5-3-6-17-34/h3-33H,1-2H3. The molecule has 0 radical (unpaired) electrons. The molecule has 1 aromatic heterocycles. The Kier molecular flexibility index (Phi) is 7.42. The maximum atomic E-state index is 2.50. The van der Waals surface area contributed by atoms with Gasteiger partial charge >= 0.3 is 0 Å². The van der Waals surface area contributed by atoms with Crippen molar-refractivity contribution in [3.05, 3.63) is 199 Å². The molecule has 0 N–H and O–H groups in total. The van der Waals surface area contributed by atoms with Crippen molar-refractivity contribution in [2.75, 3.05) is 4.90 Å². The summed E-state index contributed by atoms with van der Waals surface area (Å²) in [5, 5.41) is 2.58. The lowest BCUT2D eigenvalue weighted by atomic mass is 9.82. The van der Waals surface area contributed by atoms with E-state index in [1.54, 1.807) is 0 Å². The Labute approximate surface area is 315 Å². The second-order valence-electron chi connectivity index (χ2n) is 14.5. The van der Waals surface area contributed by atoms with Crippen molar-refractivity contribution in [2.24, 2.45) is 0 Å². The monoisotopic (exact) mass is 695 g/mol. The fraction of sp³-hybridized carbons (Fsp3) is 0.0588. The van der Waals surface area contributed by atoms with Crippen LogP contribution in [0.15, 0.2) is 188 Å². The molecule has 10 rings (SSSR count). The molecule has 0 saturated carbocycles. The van der Waals surface area contributed by atoms with Gasteiger partial charge in [0.2, 0.25) is 0 Å². The van der Waals surface area contributed by atoms with Crippen molar-refractivity contribution >= 4 is 48.6 Å². The molecule has 1 heterocycles. The molecule has 252 valence electrons. The lowest BCUT2D eigenvalue weighted by molar-refractivity contribution is 0.660. The summed E-state index contributed by atoms with van der Waals surface area (Å²) in [5.74, 6) is 0. The molecule has 53 heavy (non-hydrogen) atoms. The zero-order chi connectivity index (χ0) is 35.5. The highest BCUT2D eigenvalue weighted by atomic mass is 32.1. The molecular weight excluding hydrogens is 659 g/mol. The molecule has 0 amide bonds. The lowest BCUT2D eigenvalue weighted by Gasteiger charge is -2.31. The molecule has 8 aromatic carbocycles. The largest absolute Gasteiger partial charge is 0.310 e. The van der Waals surface area contributed by atoms with Crippen molar-refractivity contribution in [1.82, 2.24) is 0 Å². The summed E-state index contributed by atoms with van der Waals surface area (Å²) in [6.45, 7) is 4.71. The SMILES string of the molecule is CC1(C)c2ccccc2-c2cc(N(c3ccc4sc5ccccc5c4c3)c3cccc(-c4ccccc4)c3-c3ccccc3-c3ccccc3)ccc21. The van der Waals surface area contributed by atoms with E-state index < -0.39 is 0 Å². The third-order valence-corrected chi connectivity index (χ3v) is 12.2. The van der Waals surface area contributed by atoms with Crippen LogP contribution in [0, 0.1) is 0 Å². The zero-order valence-electron chi connectivity index (χ0n) is 29.8. The normalized spacial score (nSPS) is 12.9. The Bertz CT molecular complexity index is 2810. The predicted octanol–water partition coefficient (Wildman–Crippen LogP) is 14.8. The molecule has 9 aromatic rings. The van der Waals surface area contributed by atoms with Crippen LogP contribution in [-0.2, 0) is 5.41 Å². The van der Waals surface area contributed by atoms with Crippen LogP contribution >= 0.6 is 11.3 Å². The number of hydrogen-bond acceptors (Lipinski definition) is 2. The summed E-state index contributed by atoms with van der Waals surface area (Å²) in [4.78, 5) is 2.50. The highest BCUT2D eigenvalue weighted by molar-refractivity contribution is 7.25. The van der Waals surface area contributed by atoms with Crippen LogP contribution in [0.1, 0.15) is 25.0 Å². The number of fused-ring (bicyclic) bond motifs is 6. The van der Waals surface area contributed by atoms with E-state index in [9.17, 15) is 0 Å². The van der Waals surface area contributed by atoms with Crippen LogP contribution in [0.4, 0.5) is 17.1 Å². The van der Waals surface area contributed by atoms with Crippen LogP contribution in [0.3, 0.4) is 0 Å². The fourth-order valence-electron chi connectivity index (χ4n) is 8.57. The third kappa shape index (κ3) is 5.13. The van der Waals surface area contributed by atoms with Crippen LogP contribution in [-0.4, -0.2) is 0 Å². The summed E-state index contributed by atoms with van der Waals surface area (Å²) in [7, 11) is 0. The first-order chi connectivity index (χ1) is 26.1. The Morgan fingerprint density at radius 2 is 0.962 bits per heavy atom. The molecular formula is C51H37NS. The van der Waals surface area contributed by atoms with Gasteiger partial charge in [0, 0.05) is 42.5 Å². The molecule has 0 saturated heterocycles.